The molecule has 0 spiro atoms. The summed E-state index contributed by atoms with van der Waals surface area (Å²) in [7, 11) is 0. The van der Waals surface area contributed by atoms with Gasteiger partial charge in [0.25, 0.3) is 0 Å². The summed E-state index contributed by atoms with van der Waals surface area (Å²) >= 11 is 3.44. The highest BCUT2D eigenvalue weighted by molar-refractivity contribution is 9.10. The van der Waals surface area contributed by atoms with E-state index in [1.807, 2.05) is 24.3 Å². The summed E-state index contributed by atoms with van der Waals surface area (Å²) in [6.45, 7) is 11.0. The minimum Gasteiger partial charge on any atom is -0.458 e. The van der Waals surface area contributed by atoms with E-state index in [-0.39, 0.29) is 0 Å². The lowest BCUT2D eigenvalue weighted by Gasteiger charge is -2.36. The molecule has 1 aliphatic rings. The van der Waals surface area contributed by atoms with Gasteiger partial charge < -0.3 is 19.5 Å². The van der Waals surface area contributed by atoms with Gasteiger partial charge in [0.15, 0.2) is 5.54 Å². The molecule has 0 bridgehead atoms. The number of hydrogen-bond donors (Lipinski definition) is 1. The predicted molar refractivity (Wildman–Crippen MR) is 105 cm³/mol. The zero-order valence-corrected chi connectivity index (χ0v) is 18.3. The zero-order chi connectivity index (χ0) is 20.5. The quantitative estimate of drug-likeness (QED) is 0.697. The van der Waals surface area contributed by atoms with Crippen LogP contribution in [0, 0.1) is 0 Å². The van der Waals surface area contributed by atoms with Crippen LogP contribution in [-0.4, -0.2) is 35.4 Å². The molecule has 0 radical (unpaired) electrons. The van der Waals surface area contributed by atoms with Gasteiger partial charge in [-0.2, -0.15) is 0 Å². The summed E-state index contributed by atoms with van der Waals surface area (Å²) in [6.07, 6.45) is -1.07. The third-order valence-electron chi connectivity index (χ3n) is 3.87. The standard InChI is InChI=1S/C20H28BrNO5/c1-18(2,3)26-16(23)20(22-17(24)27-19(4,5)6)10-11-25-15(20)13-8-7-9-14(21)12-13/h7-9,12,15H,10-11H2,1-6H3,(H,22,24)/t15-,20+/m1/s1. The molecule has 6 nitrogen and oxygen atoms in total. The molecule has 1 fully saturated rings. The van der Waals surface area contributed by atoms with Gasteiger partial charge in [0.1, 0.15) is 17.3 Å². The first-order chi connectivity index (χ1) is 12.3. The van der Waals surface area contributed by atoms with Crippen LogP contribution in [0.25, 0.3) is 0 Å². The minimum absolute atomic E-state index is 0.290. The average Bonchev–Trinajstić information content (AvgIpc) is 2.88. The molecule has 1 N–H and O–H groups in total. The van der Waals surface area contributed by atoms with E-state index in [4.69, 9.17) is 14.2 Å². The van der Waals surface area contributed by atoms with Crippen LogP contribution in [0.4, 0.5) is 4.79 Å². The Morgan fingerprint density at radius 2 is 1.78 bits per heavy atom. The molecule has 150 valence electrons. The SMILES string of the molecule is CC(C)(C)OC(=O)N[C@@]1(C(=O)OC(C)(C)C)CCO[C@@H]1c1cccc(Br)c1. The fraction of sp³-hybridized carbons (Fsp3) is 0.600. The van der Waals surface area contributed by atoms with Crippen molar-refractivity contribution in [2.45, 2.75) is 70.8 Å². The van der Waals surface area contributed by atoms with Gasteiger partial charge in [-0.3, -0.25) is 0 Å². The van der Waals surface area contributed by atoms with Crippen LogP contribution < -0.4 is 5.32 Å². The molecule has 7 heteroatoms. The summed E-state index contributed by atoms with van der Waals surface area (Å²) in [5.41, 5.74) is -1.99. The number of rotatable bonds is 3. The number of benzene rings is 1. The van der Waals surface area contributed by atoms with Crippen molar-refractivity contribution in [3.8, 4) is 0 Å². The van der Waals surface area contributed by atoms with Crippen LogP contribution in [0.2, 0.25) is 0 Å². The lowest BCUT2D eigenvalue weighted by Crippen LogP contribution is -2.59. The van der Waals surface area contributed by atoms with Crippen molar-refractivity contribution in [2.75, 3.05) is 6.61 Å². The molecule has 0 aromatic heterocycles. The summed E-state index contributed by atoms with van der Waals surface area (Å²) in [5, 5.41) is 2.76. The van der Waals surface area contributed by atoms with Crippen LogP contribution in [-0.2, 0) is 19.0 Å². The predicted octanol–water partition coefficient (Wildman–Crippen LogP) is 4.52. The number of alkyl carbamates (subject to hydrolysis) is 1. The Balaban J connectivity index is 2.42. The zero-order valence-electron chi connectivity index (χ0n) is 16.7. The fourth-order valence-electron chi connectivity index (χ4n) is 2.90. The lowest BCUT2D eigenvalue weighted by atomic mass is 9.86. The second kappa shape index (κ2) is 7.80. The van der Waals surface area contributed by atoms with Gasteiger partial charge in [-0.05, 0) is 59.2 Å². The van der Waals surface area contributed by atoms with Crippen LogP contribution >= 0.6 is 15.9 Å². The van der Waals surface area contributed by atoms with E-state index >= 15 is 0 Å². The number of carbonyl (C=O) groups excluding carboxylic acids is 2. The van der Waals surface area contributed by atoms with Gasteiger partial charge in [0.2, 0.25) is 0 Å². The molecule has 0 saturated carbocycles. The van der Waals surface area contributed by atoms with Crippen molar-refractivity contribution in [2.24, 2.45) is 0 Å². The maximum Gasteiger partial charge on any atom is 0.408 e. The first-order valence-electron chi connectivity index (χ1n) is 8.94. The molecule has 2 rings (SSSR count). The molecule has 1 saturated heterocycles. The van der Waals surface area contributed by atoms with Crippen molar-refractivity contribution < 1.29 is 23.8 Å². The Bertz CT molecular complexity index is 707. The van der Waals surface area contributed by atoms with E-state index in [0.717, 1.165) is 10.0 Å². The van der Waals surface area contributed by atoms with Gasteiger partial charge in [0.05, 0.1) is 6.61 Å². The Morgan fingerprint density at radius 3 is 2.33 bits per heavy atom. The topological polar surface area (TPSA) is 73.9 Å². The van der Waals surface area contributed by atoms with Crippen LogP contribution in [0.5, 0.6) is 0 Å². The summed E-state index contributed by atoms with van der Waals surface area (Å²) in [6, 6.07) is 7.46. The summed E-state index contributed by atoms with van der Waals surface area (Å²) in [4.78, 5) is 25.7. The maximum atomic E-state index is 13.2. The monoisotopic (exact) mass is 441 g/mol. The molecule has 1 heterocycles. The first-order valence-corrected chi connectivity index (χ1v) is 9.73. The summed E-state index contributed by atoms with van der Waals surface area (Å²) in [5.74, 6) is -0.539. The third kappa shape index (κ3) is 5.69. The Labute approximate surface area is 169 Å². The second-order valence-electron chi connectivity index (χ2n) is 8.66. The van der Waals surface area contributed by atoms with Gasteiger partial charge >= 0.3 is 12.1 Å². The first kappa shape index (κ1) is 21.7. The lowest BCUT2D eigenvalue weighted by molar-refractivity contribution is -0.166. The number of ether oxygens (including phenoxy) is 3. The molecule has 2 atom stereocenters. The molecule has 0 aliphatic carbocycles. The van der Waals surface area contributed by atoms with Crippen molar-refractivity contribution in [1.82, 2.24) is 5.32 Å². The molecule has 1 aromatic carbocycles. The van der Waals surface area contributed by atoms with Crippen molar-refractivity contribution in [3.63, 3.8) is 0 Å². The Morgan fingerprint density at radius 1 is 1.15 bits per heavy atom. The molecule has 27 heavy (non-hydrogen) atoms. The normalized spacial score (nSPS) is 23.0. The van der Waals surface area contributed by atoms with Crippen LogP contribution in [0.3, 0.4) is 0 Å². The van der Waals surface area contributed by atoms with E-state index in [9.17, 15) is 9.59 Å². The van der Waals surface area contributed by atoms with Crippen molar-refractivity contribution in [1.29, 1.82) is 0 Å². The van der Waals surface area contributed by atoms with Crippen LogP contribution in [0.1, 0.15) is 59.6 Å². The van der Waals surface area contributed by atoms with Crippen molar-refractivity contribution in [3.05, 3.63) is 34.3 Å². The molecular weight excluding hydrogens is 414 g/mol. The van der Waals surface area contributed by atoms with E-state index in [1.54, 1.807) is 41.5 Å². The average molecular weight is 442 g/mol. The highest BCUT2D eigenvalue weighted by Crippen LogP contribution is 2.41. The van der Waals surface area contributed by atoms with Gasteiger partial charge in [-0.15, -0.1) is 0 Å². The smallest absolute Gasteiger partial charge is 0.408 e. The van der Waals surface area contributed by atoms with E-state index < -0.39 is 34.9 Å². The van der Waals surface area contributed by atoms with Gasteiger partial charge in [-0.25, -0.2) is 9.59 Å². The fourth-order valence-corrected chi connectivity index (χ4v) is 3.32. The second-order valence-corrected chi connectivity index (χ2v) is 9.57. The minimum atomic E-state index is -1.36. The Hall–Kier alpha value is -1.60. The largest absolute Gasteiger partial charge is 0.458 e. The van der Waals surface area contributed by atoms with Crippen molar-refractivity contribution >= 4 is 28.0 Å². The van der Waals surface area contributed by atoms with Gasteiger partial charge in [0, 0.05) is 10.9 Å². The number of hydrogen-bond acceptors (Lipinski definition) is 5. The number of halogens is 1. The molecule has 0 unspecified atom stereocenters. The third-order valence-corrected chi connectivity index (χ3v) is 4.36. The van der Waals surface area contributed by atoms with Gasteiger partial charge in [-0.1, -0.05) is 28.1 Å². The molecule has 1 amide bonds. The highest BCUT2D eigenvalue weighted by Gasteiger charge is 2.55. The van der Waals surface area contributed by atoms with E-state index in [0.29, 0.717) is 13.0 Å². The molecule has 1 aromatic rings. The number of nitrogens with one attached hydrogen (secondary N) is 1. The number of esters is 1. The van der Waals surface area contributed by atoms with E-state index in [2.05, 4.69) is 21.2 Å². The number of amides is 1. The molecular formula is C20H28BrNO5. The Kier molecular flexibility index (Phi) is 6.26. The summed E-state index contributed by atoms with van der Waals surface area (Å²) < 4.78 is 17.8. The van der Waals surface area contributed by atoms with Crippen LogP contribution in [0.15, 0.2) is 28.7 Å². The molecule has 1 aliphatic heterocycles. The highest BCUT2D eigenvalue weighted by atomic mass is 79.9. The maximum absolute atomic E-state index is 13.2. The number of carbonyl (C=O) groups is 2. The van der Waals surface area contributed by atoms with E-state index in [1.165, 1.54) is 0 Å².